The Labute approximate surface area is 61.9 Å². The number of esters is 1. The molecule has 0 rings (SSSR count). The molecule has 0 fully saturated rings. The Hall–Kier alpha value is -0.790. The van der Waals surface area contributed by atoms with Gasteiger partial charge in [-0.1, -0.05) is 19.1 Å². The normalized spacial score (nSPS) is 9.00. The lowest BCUT2D eigenvalue weighted by Crippen LogP contribution is -2.05. The zero-order valence-corrected chi connectivity index (χ0v) is 6.52. The lowest BCUT2D eigenvalue weighted by atomic mass is 10.2. The Kier molecular flexibility index (Phi) is 4.63. The molecule has 0 saturated carbocycles. The predicted molar refractivity (Wildman–Crippen MR) is 40.4 cm³/mol. The van der Waals surface area contributed by atoms with Gasteiger partial charge in [0.25, 0.3) is 0 Å². The molecule has 0 bridgehead atoms. The fourth-order valence-corrected chi connectivity index (χ4v) is 0.446. The standard InChI is InChI=1S/C8H13O2/c1-4-5-10-8(9)6-7(2)3/h6H,2,4-5H2,1,3H3. The molecule has 0 amide bonds. The van der Waals surface area contributed by atoms with Crippen molar-refractivity contribution in [1.29, 1.82) is 0 Å². The summed E-state index contributed by atoms with van der Waals surface area (Å²) in [6.07, 6.45) is 2.24. The Morgan fingerprint density at radius 2 is 2.30 bits per heavy atom. The second kappa shape index (κ2) is 5.03. The molecule has 0 aromatic carbocycles. The van der Waals surface area contributed by atoms with Gasteiger partial charge >= 0.3 is 5.97 Å². The van der Waals surface area contributed by atoms with Crippen LogP contribution in [-0.4, -0.2) is 12.6 Å². The largest absolute Gasteiger partial charge is 0.465 e. The third-order valence-corrected chi connectivity index (χ3v) is 0.813. The Bertz CT molecular complexity index is 127. The van der Waals surface area contributed by atoms with Crippen molar-refractivity contribution in [3.05, 3.63) is 18.6 Å². The third kappa shape index (κ3) is 5.35. The van der Waals surface area contributed by atoms with Gasteiger partial charge in [-0.05, 0) is 13.3 Å². The molecule has 2 heteroatoms. The van der Waals surface area contributed by atoms with Gasteiger partial charge in [0.15, 0.2) is 0 Å². The van der Waals surface area contributed by atoms with Gasteiger partial charge in [-0.3, -0.25) is 4.79 Å². The third-order valence-electron chi connectivity index (χ3n) is 0.813. The summed E-state index contributed by atoms with van der Waals surface area (Å²) in [5, 5.41) is 0. The molecule has 2 nitrogen and oxygen atoms in total. The average Bonchev–Trinajstić information content (AvgIpc) is 1.82. The molecule has 0 aliphatic rings. The predicted octanol–water partition coefficient (Wildman–Crippen LogP) is 1.72. The van der Waals surface area contributed by atoms with Crippen LogP contribution in [0.15, 0.2) is 12.2 Å². The lowest BCUT2D eigenvalue weighted by molar-refractivity contribution is -0.139. The van der Waals surface area contributed by atoms with Crippen LogP contribution in [-0.2, 0) is 9.53 Å². The zero-order valence-electron chi connectivity index (χ0n) is 6.52. The van der Waals surface area contributed by atoms with E-state index in [9.17, 15) is 4.79 Å². The number of ether oxygens (including phenoxy) is 1. The summed E-state index contributed by atoms with van der Waals surface area (Å²) in [5.74, 6) is -0.297. The van der Waals surface area contributed by atoms with Crippen molar-refractivity contribution in [2.24, 2.45) is 0 Å². The van der Waals surface area contributed by atoms with Crippen LogP contribution in [0.25, 0.3) is 0 Å². The van der Waals surface area contributed by atoms with Crippen LogP contribution in [0.5, 0.6) is 0 Å². The van der Waals surface area contributed by atoms with Crippen LogP contribution >= 0.6 is 0 Å². The highest BCUT2D eigenvalue weighted by Crippen LogP contribution is 1.95. The molecule has 0 saturated heterocycles. The summed E-state index contributed by atoms with van der Waals surface area (Å²) >= 11 is 0. The summed E-state index contributed by atoms with van der Waals surface area (Å²) in [5.41, 5.74) is 0.723. The van der Waals surface area contributed by atoms with E-state index < -0.39 is 0 Å². The van der Waals surface area contributed by atoms with E-state index in [1.165, 1.54) is 6.42 Å². The molecule has 0 N–H and O–H groups in total. The van der Waals surface area contributed by atoms with Gasteiger partial charge in [0, 0.05) is 0 Å². The van der Waals surface area contributed by atoms with E-state index in [4.69, 9.17) is 4.74 Å². The van der Waals surface area contributed by atoms with Gasteiger partial charge in [0.05, 0.1) is 13.0 Å². The lowest BCUT2D eigenvalue weighted by Gasteiger charge is -2.00. The van der Waals surface area contributed by atoms with Crippen molar-refractivity contribution >= 4 is 5.97 Å². The van der Waals surface area contributed by atoms with E-state index in [-0.39, 0.29) is 5.97 Å². The second-order valence-electron chi connectivity index (χ2n) is 2.16. The Morgan fingerprint density at radius 3 is 2.70 bits per heavy atom. The molecule has 0 aromatic rings. The highest BCUT2D eigenvalue weighted by atomic mass is 16.5. The number of hydrogen-bond acceptors (Lipinski definition) is 2. The highest BCUT2D eigenvalue weighted by Gasteiger charge is 2.00. The topological polar surface area (TPSA) is 26.3 Å². The maximum absolute atomic E-state index is 10.7. The molecular formula is C8H13O2. The molecule has 1 radical (unpaired) electrons. The summed E-state index contributed by atoms with van der Waals surface area (Å²) in [7, 11) is 0. The van der Waals surface area contributed by atoms with E-state index in [1.54, 1.807) is 6.92 Å². The monoisotopic (exact) mass is 141 g/mol. The Morgan fingerprint density at radius 1 is 1.70 bits per heavy atom. The van der Waals surface area contributed by atoms with Gasteiger partial charge in [0.2, 0.25) is 0 Å². The van der Waals surface area contributed by atoms with Crippen molar-refractivity contribution in [3.8, 4) is 0 Å². The minimum atomic E-state index is -0.297. The van der Waals surface area contributed by atoms with Crippen LogP contribution in [0.1, 0.15) is 20.3 Å². The van der Waals surface area contributed by atoms with Crippen LogP contribution < -0.4 is 0 Å². The molecule has 0 heterocycles. The van der Waals surface area contributed by atoms with Crippen LogP contribution in [0.4, 0.5) is 0 Å². The van der Waals surface area contributed by atoms with E-state index in [2.05, 4.69) is 6.58 Å². The number of carbonyl (C=O) groups is 1. The summed E-state index contributed by atoms with van der Waals surface area (Å²) in [6.45, 7) is 7.75. The smallest absolute Gasteiger partial charge is 0.314 e. The van der Waals surface area contributed by atoms with Crippen molar-refractivity contribution < 1.29 is 9.53 Å². The minimum absolute atomic E-state index is 0.297. The zero-order chi connectivity index (χ0) is 7.98. The SMILES string of the molecule is C=C(C)[CH]C(=O)OCCC. The van der Waals surface area contributed by atoms with Crippen LogP contribution in [0, 0.1) is 6.42 Å². The molecule has 0 aliphatic carbocycles. The summed E-state index contributed by atoms with van der Waals surface area (Å²) in [6, 6.07) is 0. The number of rotatable bonds is 4. The first kappa shape index (κ1) is 9.21. The van der Waals surface area contributed by atoms with Gasteiger partial charge in [-0.25, -0.2) is 0 Å². The fourth-order valence-electron chi connectivity index (χ4n) is 0.446. The first-order chi connectivity index (χ1) is 4.66. The molecule has 10 heavy (non-hydrogen) atoms. The van der Waals surface area contributed by atoms with E-state index in [0.717, 1.165) is 12.0 Å². The molecule has 0 aliphatic heterocycles. The van der Waals surface area contributed by atoms with Gasteiger partial charge < -0.3 is 4.74 Å². The first-order valence-corrected chi connectivity index (χ1v) is 3.33. The molecule has 0 unspecified atom stereocenters. The molecule has 0 atom stereocenters. The van der Waals surface area contributed by atoms with Crippen LogP contribution in [0.3, 0.4) is 0 Å². The van der Waals surface area contributed by atoms with Crippen molar-refractivity contribution in [1.82, 2.24) is 0 Å². The fraction of sp³-hybridized carbons (Fsp3) is 0.500. The highest BCUT2D eigenvalue weighted by molar-refractivity contribution is 5.82. The molecule has 57 valence electrons. The van der Waals surface area contributed by atoms with E-state index in [0.29, 0.717) is 6.61 Å². The van der Waals surface area contributed by atoms with Crippen molar-refractivity contribution in [2.75, 3.05) is 6.61 Å². The number of carbonyl (C=O) groups excluding carboxylic acids is 1. The Balaban J connectivity index is 3.35. The molecular weight excluding hydrogens is 128 g/mol. The summed E-state index contributed by atoms with van der Waals surface area (Å²) in [4.78, 5) is 10.7. The second-order valence-corrected chi connectivity index (χ2v) is 2.16. The number of hydrogen-bond donors (Lipinski definition) is 0. The van der Waals surface area contributed by atoms with E-state index >= 15 is 0 Å². The summed E-state index contributed by atoms with van der Waals surface area (Å²) < 4.78 is 4.75. The van der Waals surface area contributed by atoms with E-state index in [1.807, 2.05) is 6.92 Å². The quantitative estimate of drug-likeness (QED) is 0.557. The maximum atomic E-state index is 10.7. The van der Waals surface area contributed by atoms with Crippen molar-refractivity contribution in [3.63, 3.8) is 0 Å². The van der Waals surface area contributed by atoms with Gasteiger partial charge in [-0.15, -0.1) is 0 Å². The maximum Gasteiger partial charge on any atom is 0.314 e. The average molecular weight is 141 g/mol. The first-order valence-electron chi connectivity index (χ1n) is 3.33. The molecule has 0 spiro atoms. The minimum Gasteiger partial charge on any atom is -0.465 e. The molecule has 0 aromatic heterocycles. The van der Waals surface area contributed by atoms with Crippen molar-refractivity contribution in [2.45, 2.75) is 20.3 Å². The van der Waals surface area contributed by atoms with Gasteiger partial charge in [0.1, 0.15) is 0 Å². The van der Waals surface area contributed by atoms with Gasteiger partial charge in [-0.2, -0.15) is 0 Å². The van der Waals surface area contributed by atoms with Crippen LogP contribution in [0.2, 0.25) is 0 Å².